The van der Waals surface area contributed by atoms with Crippen molar-refractivity contribution >= 4 is 29.4 Å². The van der Waals surface area contributed by atoms with E-state index in [1.54, 1.807) is 0 Å². The fraction of sp³-hybridized carbons (Fsp3) is 0.333. The Balaban J connectivity index is 2.20. The molecule has 0 saturated carbocycles. The first kappa shape index (κ1) is 17.2. The Kier molecular flexibility index (Phi) is 5.93. The number of esters is 1. The van der Waals surface area contributed by atoms with Crippen LogP contribution < -0.4 is 10.6 Å². The monoisotopic (exact) mass is 330 g/mol. The van der Waals surface area contributed by atoms with Crippen molar-refractivity contribution in [1.82, 2.24) is 10.6 Å². The molecule has 2 N–H and O–H groups in total. The molecule has 23 heavy (non-hydrogen) atoms. The number of rotatable bonds is 5. The SMILES string of the molecule is CC1=C(C(=O)OCC(C)C)[C@@H](/C=C/c2ccccc2)NC(=S)N1. The van der Waals surface area contributed by atoms with Crippen molar-refractivity contribution in [3.8, 4) is 0 Å². The third-order valence-electron chi connectivity index (χ3n) is 3.35. The van der Waals surface area contributed by atoms with Gasteiger partial charge in [0.2, 0.25) is 0 Å². The molecule has 0 aliphatic carbocycles. The van der Waals surface area contributed by atoms with Gasteiger partial charge in [-0.05, 0) is 30.6 Å². The molecule has 4 nitrogen and oxygen atoms in total. The van der Waals surface area contributed by atoms with E-state index in [-0.39, 0.29) is 12.0 Å². The van der Waals surface area contributed by atoms with E-state index < -0.39 is 0 Å². The van der Waals surface area contributed by atoms with Gasteiger partial charge < -0.3 is 15.4 Å². The van der Waals surface area contributed by atoms with E-state index in [1.807, 2.05) is 63.3 Å². The number of carbonyl (C=O) groups is 1. The van der Waals surface area contributed by atoms with Gasteiger partial charge in [-0.15, -0.1) is 0 Å². The number of thiocarbonyl (C=S) groups is 1. The summed E-state index contributed by atoms with van der Waals surface area (Å²) in [5, 5.41) is 6.61. The highest BCUT2D eigenvalue weighted by Gasteiger charge is 2.28. The zero-order valence-electron chi connectivity index (χ0n) is 13.6. The highest BCUT2D eigenvalue weighted by Crippen LogP contribution is 2.17. The van der Waals surface area contributed by atoms with Crippen LogP contribution in [0.3, 0.4) is 0 Å². The molecule has 0 aromatic heterocycles. The lowest BCUT2D eigenvalue weighted by Crippen LogP contribution is -2.49. The number of hydrogen-bond acceptors (Lipinski definition) is 3. The number of nitrogens with one attached hydrogen (secondary N) is 2. The van der Waals surface area contributed by atoms with Gasteiger partial charge >= 0.3 is 5.97 Å². The van der Waals surface area contributed by atoms with Crippen LogP contribution in [0.5, 0.6) is 0 Å². The van der Waals surface area contributed by atoms with Crippen molar-refractivity contribution < 1.29 is 9.53 Å². The second-order valence-corrected chi connectivity index (χ2v) is 6.29. The minimum atomic E-state index is -0.318. The van der Waals surface area contributed by atoms with Gasteiger partial charge in [-0.3, -0.25) is 0 Å². The molecule has 0 amide bonds. The molecule has 122 valence electrons. The van der Waals surface area contributed by atoms with Gasteiger partial charge in [-0.1, -0.05) is 56.3 Å². The molecule has 1 heterocycles. The van der Waals surface area contributed by atoms with E-state index in [9.17, 15) is 4.79 Å². The van der Waals surface area contributed by atoms with Crippen LogP contribution in [0.15, 0.2) is 47.7 Å². The molecule has 0 bridgehead atoms. The molecule has 0 spiro atoms. The van der Waals surface area contributed by atoms with Crippen molar-refractivity contribution in [2.24, 2.45) is 5.92 Å². The average Bonchev–Trinajstić information content (AvgIpc) is 2.51. The number of ether oxygens (including phenoxy) is 1. The molecule has 0 unspecified atom stereocenters. The third-order valence-corrected chi connectivity index (χ3v) is 3.57. The summed E-state index contributed by atoms with van der Waals surface area (Å²) in [6, 6.07) is 9.61. The highest BCUT2D eigenvalue weighted by atomic mass is 32.1. The zero-order chi connectivity index (χ0) is 16.8. The molecule has 1 aromatic rings. The van der Waals surface area contributed by atoms with Crippen molar-refractivity contribution in [2.75, 3.05) is 6.61 Å². The molecule has 2 rings (SSSR count). The molecule has 0 radical (unpaired) electrons. The lowest BCUT2D eigenvalue weighted by molar-refractivity contribution is -0.140. The summed E-state index contributed by atoms with van der Waals surface area (Å²) in [6.45, 7) is 6.25. The number of allylic oxidation sites excluding steroid dienone is 1. The quantitative estimate of drug-likeness (QED) is 0.642. The lowest BCUT2D eigenvalue weighted by atomic mass is 10.0. The minimum absolute atomic E-state index is 0.295. The van der Waals surface area contributed by atoms with Gasteiger partial charge in [0.15, 0.2) is 5.11 Å². The summed E-state index contributed by atoms with van der Waals surface area (Å²) in [4.78, 5) is 12.4. The first-order chi connectivity index (χ1) is 11.0. The molecule has 1 aliphatic heterocycles. The maximum Gasteiger partial charge on any atom is 0.338 e. The fourth-order valence-electron chi connectivity index (χ4n) is 2.24. The van der Waals surface area contributed by atoms with Crippen molar-refractivity contribution in [1.29, 1.82) is 0 Å². The van der Waals surface area contributed by atoms with Crippen LogP contribution >= 0.6 is 12.2 Å². The van der Waals surface area contributed by atoms with Crippen LogP contribution in [0.1, 0.15) is 26.3 Å². The van der Waals surface area contributed by atoms with Gasteiger partial charge in [-0.25, -0.2) is 4.79 Å². The predicted octanol–water partition coefficient (Wildman–Crippen LogP) is 3.02. The van der Waals surface area contributed by atoms with E-state index in [0.717, 1.165) is 11.3 Å². The summed E-state index contributed by atoms with van der Waals surface area (Å²) in [6.07, 6.45) is 3.90. The number of hydrogen-bond donors (Lipinski definition) is 2. The minimum Gasteiger partial charge on any atom is -0.462 e. The first-order valence-electron chi connectivity index (χ1n) is 7.66. The Morgan fingerprint density at radius 3 is 2.70 bits per heavy atom. The third kappa shape index (κ3) is 4.93. The number of benzene rings is 1. The van der Waals surface area contributed by atoms with E-state index in [4.69, 9.17) is 17.0 Å². The van der Waals surface area contributed by atoms with Gasteiger partial charge in [0.1, 0.15) is 0 Å². The van der Waals surface area contributed by atoms with E-state index >= 15 is 0 Å². The molecular formula is C18H22N2O2S. The van der Waals surface area contributed by atoms with Gasteiger partial charge in [0, 0.05) is 5.70 Å². The molecule has 1 atom stereocenters. The van der Waals surface area contributed by atoms with Crippen molar-refractivity contribution in [3.63, 3.8) is 0 Å². The predicted molar refractivity (Wildman–Crippen MR) is 96.6 cm³/mol. The van der Waals surface area contributed by atoms with Crippen molar-refractivity contribution in [2.45, 2.75) is 26.8 Å². The zero-order valence-corrected chi connectivity index (χ0v) is 14.4. The Morgan fingerprint density at radius 2 is 2.04 bits per heavy atom. The Hall–Kier alpha value is -2.14. The molecule has 0 fully saturated rings. The second kappa shape index (κ2) is 7.92. The van der Waals surface area contributed by atoms with Gasteiger partial charge in [0.25, 0.3) is 0 Å². The Bertz CT molecular complexity index is 636. The molecular weight excluding hydrogens is 308 g/mol. The van der Waals surface area contributed by atoms with Crippen LogP contribution in [-0.4, -0.2) is 23.7 Å². The first-order valence-corrected chi connectivity index (χ1v) is 8.07. The lowest BCUT2D eigenvalue weighted by Gasteiger charge is -2.27. The molecule has 1 aromatic carbocycles. The smallest absolute Gasteiger partial charge is 0.338 e. The fourth-order valence-corrected chi connectivity index (χ4v) is 2.52. The largest absolute Gasteiger partial charge is 0.462 e. The van der Waals surface area contributed by atoms with Crippen LogP contribution in [0.25, 0.3) is 6.08 Å². The maximum atomic E-state index is 12.4. The van der Waals surface area contributed by atoms with E-state index in [2.05, 4.69) is 10.6 Å². The summed E-state index contributed by atoms with van der Waals surface area (Å²) < 4.78 is 5.38. The summed E-state index contributed by atoms with van der Waals surface area (Å²) in [5.74, 6) is -0.0230. The topological polar surface area (TPSA) is 50.4 Å². The standard InChI is InChI=1S/C18H22N2O2S/c1-12(2)11-22-17(21)16-13(3)19-18(23)20-15(16)10-9-14-7-5-4-6-8-14/h4-10,12,15H,11H2,1-3H3,(H2,19,20,23)/b10-9+/t15-/m1/s1. The van der Waals surface area contributed by atoms with Gasteiger partial charge in [-0.2, -0.15) is 0 Å². The average molecular weight is 330 g/mol. The Morgan fingerprint density at radius 1 is 1.35 bits per heavy atom. The van der Waals surface area contributed by atoms with Crippen LogP contribution in [0.4, 0.5) is 0 Å². The van der Waals surface area contributed by atoms with Crippen LogP contribution in [0, 0.1) is 5.92 Å². The summed E-state index contributed by atoms with van der Waals surface area (Å²) >= 11 is 5.19. The summed E-state index contributed by atoms with van der Waals surface area (Å²) in [7, 11) is 0. The van der Waals surface area contributed by atoms with Crippen LogP contribution in [0.2, 0.25) is 0 Å². The Labute approximate surface area is 142 Å². The number of carbonyl (C=O) groups excluding carboxylic acids is 1. The molecule has 1 aliphatic rings. The normalized spacial score (nSPS) is 18.1. The molecule has 5 heteroatoms. The highest BCUT2D eigenvalue weighted by molar-refractivity contribution is 7.80. The van der Waals surface area contributed by atoms with E-state index in [0.29, 0.717) is 23.2 Å². The summed E-state index contributed by atoms with van der Waals surface area (Å²) in [5.41, 5.74) is 2.35. The van der Waals surface area contributed by atoms with Crippen molar-refractivity contribution in [3.05, 3.63) is 53.2 Å². The van der Waals surface area contributed by atoms with E-state index in [1.165, 1.54) is 0 Å². The molecule has 0 saturated heterocycles. The maximum absolute atomic E-state index is 12.4. The van der Waals surface area contributed by atoms with Gasteiger partial charge in [0.05, 0.1) is 18.2 Å². The van der Waals surface area contributed by atoms with Crippen LogP contribution in [-0.2, 0) is 9.53 Å². The second-order valence-electron chi connectivity index (χ2n) is 5.88.